The molecule has 0 saturated heterocycles. The molecule has 0 radical (unpaired) electrons. The number of carbonyl (C=O) groups is 2. The molecule has 2 rings (SSSR count). The number of amides is 1. The molecule has 2 aromatic rings. The van der Waals surface area contributed by atoms with E-state index in [1.165, 1.54) is 24.4 Å². The van der Waals surface area contributed by atoms with Crippen LogP contribution in [0.15, 0.2) is 41.1 Å². The summed E-state index contributed by atoms with van der Waals surface area (Å²) in [6, 6.07) is 6.57. The lowest BCUT2D eigenvalue weighted by atomic mass is 10.1. The van der Waals surface area contributed by atoms with Crippen molar-refractivity contribution in [3.63, 3.8) is 0 Å². The van der Waals surface area contributed by atoms with Crippen molar-refractivity contribution < 1.29 is 19.1 Å². The number of nitrogens with one attached hydrogen (secondary N) is 1. The minimum atomic E-state index is -1.33. The lowest BCUT2D eigenvalue weighted by molar-refractivity contribution is 0.0697. The lowest BCUT2D eigenvalue weighted by Crippen LogP contribution is -2.16. The first-order chi connectivity index (χ1) is 9.49. The van der Waals surface area contributed by atoms with Gasteiger partial charge in [-0.3, -0.25) is 4.79 Å². The number of halogens is 2. The Bertz CT molecular complexity index is 674. The quantitative estimate of drug-likeness (QED) is 0.843. The van der Waals surface area contributed by atoms with Gasteiger partial charge < -0.3 is 10.4 Å². The van der Waals surface area contributed by atoms with E-state index in [2.05, 4.69) is 26.2 Å². The van der Waals surface area contributed by atoms with Crippen molar-refractivity contribution >= 4 is 33.5 Å². The van der Waals surface area contributed by atoms with Crippen LogP contribution >= 0.6 is 15.9 Å². The van der Waals surface area contributed by atoms with Gasteiger partial charge >= 0.3 is 5.97 Å². The van der Waals surface area contributed by atoms with Crippen LogP contribution in [0, 0.1) is 5.82 Å². The average Bonchev–Trinajstić information content (AvgIpc) is 2.41. The predicted octanol–water partition coefficient (Wildman–Crippen LogP) is 2.93. The van der Waals surface area contributed by atoms with E-state index in [1.54, 1.807) is 6.07 Å². The Morgan fingerprint density at radius 2 is 2.00 bits per heavy atom. The number of para-hydroxylation sites is 1. The van der Waals surface area contributed by atoms with Crippen molar-refractivity contribution in [3.8, 4) is 0 Å². The topological polar surface area (TPSA) is 79.3 Å². The van der Waals surface area contributed by atoms with E-state index in [0.29, 0.717) is 4.60 Å². The molecule has 0 atom stereocenters. The molecule has 1 amide bonds. The zero-order chi connectivity index (χ0) is 14.7. The number of pyridine rings is 1. The van der Waals surface area contributed by atoms with E-state index in [0.717, 1.165) is 6.07 Å². The van der Waals surface area contributed by atoms with Crippen molar-refractivity contribution in [1.82, 2.24) is 4.98 Å². The van der Waals surface area contributed by atoms with E-state index in [9.17, 15) is 14.0 Å². The van der Waals surface area contributed by atoms with Gasteiger partial charge in [0.15, 0.2) is 0 Å². The number of anilines is 1. The van der Waals surface area contributed by atoms with Gasteiger partial charge in [0.2, 0.25) is 0 Å². The molecule has 0 bridgehead atoms. The molecule has 2 N–H and O–H groups in total. The van der Waals surface area contributed by atoms with Crippen molar-refractivity contribution in [2.45, 2.75) is 0 Å². The summed E-state index contributed by atoms with van der Waals surface area (Å²) in [7, 11) is 0. The van der Waals surface area contributed by atoms with Crippen LogP contribution in [-0.4, -0.2) is 22.0 Å². The van der Waals surface area contributed by atoms with Crippen molar-refractivity contribution in [1.29, 1.82) is 0 Å². The highest BCUT2D eigenvalue weighted by atomic mass is 79.9. The second-order valence-electron chi connectivity index (χ2n) is 3.79. The third-order valence-corrected chi connectivity index (χ3v) is 2.94. The Morgan fingerprint density at radius 3 is 2.60 bits per heavy atom. The highest BCUT2D eigenvalue weighted by Crippen LogP contribution is 2.21. The number of nitrogens with zero attached hydrogens (tertiary/aromatic N) is 1. The maximum absolute atomic E-state index is 13.6. The summed E-state index contributed by atoms with van der Waals surface area (Å²) in [6.07, 6.45) is 1.29. The fraction of sp³-hybridized carbons (Fsp3) is 0. The van der Waals surface area contributed by atoms with E-state index < -0.39 is 17.7 Å². The minimum Gasteiger partial charge on any atom is -0.478 e. The van der Waals surface area contributed by atoms with Crippen LogP contribution in [0.2, 0.25) is 0 Å². The number of rotatable bonds is 3. The number of aromatic carboxylic acids is 1. The van der Waals surface area contributed by atoms with Gasteiger partial charge in [-0.05, 0) is 40.2 Å². The van der Waals surface area contributed by atoms with E-state index in [4.69, 9.17) is 5.11 Å². The van der Waals surface area contributed by atoms with Crippen LogP contribution in [0.4, 0.5) is 10.1 Å². The van der Waals surface area contributed by atoms with Gasteiger partial charge in [-0.1, -0.05) is 6.07 Å². The Balaban J connectivity index is 2.32. The summed E-state index contributed by atoms with van der Waals surface area (Å²) in [4.78, 5) is 26.8. The number of benzene rings is 1. The summed E-state index contributed by atoms with van der Waals surface area (Å²) in [5.74, 6) is -2.78. The van der Waals surface area contributed by atoms with Crippen LogP contribution < -0.4 is 5.32 Å². The maximum atomic E-state index is 13.6. The van der Waals surface area contributed by atoms with Gasteiger partial charge in [0.05, 0.1) is 16.8 Å². The largest absolute Gasteiger partial charge is 0.478 e. The zero-order valence-electron chi connectivity index (χ0n) is 9.93. The maximum Gasteiger partial charge on any atom is 0.337 e. The second-order valence-corrected chi connectivity index (χ2v) is 4.60. The van der Waals surface area contributed by atoms with Gasteiger partial charge in [-0.2, -0.15) is 0 Å². The molecule has 7 heteroatoms. The summed E-state index contributed by atoms with van der Waals surface area (Å²) in [6.45, 7) is 0. The van der Waals surface area contributed by atoms with Crippen molar-refractivity contribution in [3.05, 3.63) is 58.1 Å². The first-order valence-electron chi connectivity index (χ1n) is 5.44. The monoisotopic (exact) mass is 338 g/mol. The molecule has 0 saturated carbocycles. The number of carboxylic acids is 1. The molecule has 5 nitrogen and oxygen atoms in total. The van der Waals surface area contributed by atoms with E-state index in [1.807, 2.05) is 0 Å². The van der Waals surface area contributed by atoms with Crippen LogP contribution in [0.25, 0.3) is 0 Å². The smallest absolute Gasteiger partial charge is 0.337 e. The van der Waals surface area contributed by atoms with Crippen molar-refractivity contribution in [2.75, 3.05) is 5.32 Å². The van der Waals surface area contributed by atoms with Crippen LogP contribution in [0.5, 0.6) is 0 Å². The van der Waals surface area contributed by atoms with Gasteiger partial charge in [-0.25, -0.2) is 14.2 Å². The number of carbonyl (C=O) groups excluding carboxylic acids is 1. The standard InChI is InChI=1S/C13H8BrFN2O3/c14-10-5-4-7(6-16-10)12(18)17-11-8(13(19)20)2-1-3-9(11)15/h1-6H,(H,17,18)(H,19,20). The van der Waals surface area contributed by atoms with E-state index in [-0.39, 0.29) is 16.8 Å². The predicted molar refractivity (Wildman–Crippen MR) is 73.2 cm³/mol. The van der Waals surface area contributed by atoms with Crippen LogP contribution in [0.3, 0.4) is 0 Å². The fourth-order valence-corrected chi connectivity index (χ4v) is 1.76. The third-order valence-electron chi connectivity index (χ3n) is 2.47. The number of aromatic nitrogens is 1. The highest BCUT2D eigenvalue weighted by Gasteiger charge is 2.17. The number of carboxylic acid groups (broad SMARTS) is 1. The molecule has 0 aliphatic heterocycles. The highest BCUT2D eigenvalue weighted by molar-refractivity contribution is 9.10. The average molecular weight is 339 g/mol. The minimum absolute atomic E-state index is 0.188. The normalized spacial score (nSPS) is 10.1. The van der Waals surface area contributed by atoms with Gasteiger partial charge in [0, 0.05) is 6.20 Å². The third kappa shape index (κ3) is 3.00. The number of hydrogen-bond acceptors (Lipinski definition) is 3. The first kappa shape index (κ1) is 14.1. The van der Waals surface area contributed by atoms with Gasteiger partial charge in [-0.15, -0.1) is 0 Å². The summed E-state index contributed by atoms with van der Waals surface area (Å²) >= 11 is 3.12. The molecule has 102 valence electrons. The molecule has 20 heavy (non-hydrogen) atoms. The molecular formula is C13H8BrFN2O3. The Kier molecular flexibility index (Phi) is 4.09. The lowest BCUT2D eigenvalue weighted by Gasteiger charge is -2.09. The zero-order valence-corrected chi connectivity index (χ0v) is 11.5. The number of hydrogen-bond donors (Lipinski definition) is 2. The molecule has 0 fully saturated rings. The molecular weight excluding hydrogens is 331 g/mol. The first-order valence-corrected chi connectivity index (χ1v) is 6.23. The molecule has 1 aromatic heterocycles. The van der Waals surface area contributed by atoms with Gasteiger partial charge in [0.1, 0.15) is 10.4 Å². The van der Waals surface area contributed by atoms with E-state index >= 15 is 0 Å². The molecule has 0 aliphatic carbocycles. The molecule has 1 aromatic carbocycles. The second kappa shape index (κ2) is 5.79. The Labute approximate surface area is 121 Å². The summed E-state index contributed by atoms with van der Waals surface area (Å²) < 4.78 is 14.2. The Hall–Kier alpha value is -2.28. The van der Waals surface area contributed by atoms with Crippen LogP contribution in [0.1, 0.15) is 20.7 Å². The fourth-order valence-electron chi connectivity index (χ4n) is 1.53. The SMILES string of the molecule is O=C(Nc1c(F)cccc1C(=O)O)c1ccc(Br)nc1. The molecule has 0 spiro atoms. The molecule has 0 unspecified atom stereocenters. The van der Waals surface area contributed by atoms with Crippen LogP contribution in [-0.2, 0) is 0 Å². The Morgan fingerprint density at radius 1 is 1.25 bits per heavy atom. The summed E-state index contributed by atoms with van der Waals surface area (Å²) in [5.41, 5.74) is -0.496. The van der Waals surface area contributed by atoms with Crippen molar-refractivity contribution in [2.24, 2.45) is 0 Å². The summed E-state index contributed by atoms with van der Waals surface area (Å²) in [5, 5.41) is 11.2. The molecule has 1 heterocycles. The van der Waals surface area contributed by atoms with Gasteiger partial charge in [0.25, 0.3) is 5.91 Å². The molecule has 0 aliphatic rings.